The van der Waals surface area contributed by atoms with Gasteiger partial charge in [0.05, 0.1) is 6.04 Å². The van der Waals surface area contributed by atoms with Crippen LogP contribution in [0.3, 0.4) is 0 Å². The summed E-state index contributed by atoms with van der Waals surface area (Å²) < 4.78 is 2.71. The topological polar surface area (TPSA) is 195 Å². The SMILES string of the molecule is CC(NC(=O)C(C)NC(=O)[C@@H](C)NC(=O)C(C)NC(=O)C(C)NC(=O)C(C)NI)C(=O)O. The van der Waals surface area contributed by atoms with E-state index in [9.17, 15) is 28.8 Å². The molecule has 0 heterocycles. The number of halogens is 1. The highest BCUT2D eigenvalue weighted by Gasteiger charge is 2.26. The molecule has 0 fully saturated rings. The highest BCUT2D eigenvalue weighted by molar-refractivity contribution is 14.1. The van der Waals surface area contributed by atoms with Crippen molar-refractivity contribution in [2.75, 3.05) is 0 Å². The smallest absolute Gasteiger partial charge is 0.325 e. The van der Waals surface area contributed by atoms with Crippen LogP contribution in [0.15, 0.2) is 0 Å². The number of carbonyl (C=O) groups is 6. The van der Waals surface area contributed by atoms with E-state index in [1.165, 1.54) is 34.6 Å². The van der Waals surface area contributed by atoms with E-state index >= 15 is 0 Å². The van der Waals surface area contributed by atoms with Crippen molar-refractivity contribution in [2.45, 2.75) is 77.8 Å². The molecule has 13 nitrogen and oxygen atoms in total. The molecule has 0 aliphatic rings. The predicted molar refractivity (Wildman–Crippen MR) is 122 cm³/mol. The van der Waals surface area contributed by atoms with Crippen molar-refractivity contribution >= 4 is 58.4 Å². The summed E-state index contributed by atoms with van der Waals surface area (Å²) in [4.78, 5) is 71.2. The zero-order valence-electron chi connectivity index (χ0n) is 18.7. The summed E-state index contributed by atoms with van der Waals surface area (Å²) in [6.07, 6.45) is 0. The van der Waals surface area contributed by atoms with Gasteiger partial charge in [0.25, 0.3) is 0 Å². The molecule has 0 bridgehead atoms. The average Bonchev–Trinajstić information content (AvgIpc) is 2.71. The molecule has 0 rings (SSSR count). The van der Waals surface area contributed by atoms with Crippen molar-refractivity contribution in [2.24, 2.45) is 0 Å². The number of carboxylic acid groups (broad SMARTS) is 1. The van der Waals surface area contributed by atoms with E-state index in [1.807, 2.05) is 22.9 Å². The van der Waals surface area contributed by atoms with Crippen LogP contribution < -0.4 is 30.1 Å². The Bertz CT molecular complexity index is 735. The van der Waals surface area contributed by atoms with Gasteiger partial charge >= 0.3 is 5.97 Å². The first kappa shape index (κ1) is 29.5. The largest absolute Gasteiger partial charge is 0.480 e. The van der Waals surface area contributed by atoms with Crippen molar-refractivity contribution in [3.8, 4) is 0 Å². The number of hydrogen-bond donors (Lipinski definition) is 7. The summed E-state index contributed by atoms with van der Waals surface area (Å²) in [5, 5.41) is 20.7. The van der Waals surface area contributed by atoms with Crippen molar-refractivity contribution in [1.82, 2.24) is 30.1 Å². The van der Waals surface area contributed by atoms with Crippen LogP contribution in [0.2, 0.25) is 0 Å². The third kappa shape index (κ3) is 10.2. The lowest BCUT2D eigenvalue weighted by molar-refractivity contribution is -0.141. The number of rotatable bonds is 12. The number of nitrogens with one attached hydrogen (secondary N) is 6. The summed E-state index contributed by atoms with van der Waals surface area (Å²) in [5.41, 5.74) is 0. The second-order valence-electron chi connectivity index (χ2n) is 7.32. The minimum Gasteiger partial charge on any atom is -0.480 e. The lowest BCUT2D eigenvalue weighted by Crippen LogP contribution is -2.57. The van der Waals surface area contributed by atoms with Gasteiger partial charge in [-0.3, -0.25) is 28.8 Å². The molecule has 5 amide bonds. The van der Waals surface area contributed by atoms with Gasteiger partial charge in [0.15, 0.2) is 0 Å². The Morgan fingerprint density at radius 2 is 0.719 bits per heavy atom. The standard InChI is InChI=1S/C18H31IN6O7/c1-7(21-15(28)9(3)23-17(30)11(5)25-19)13(26)20-8(2)14(27)22-10(4)16(29)24-12(6)18(31)32/h7-12,25H,1-6H3,(H,20,26)(H,21,28)(H,22,27)(H,23,30)(H,24,29)(H,31,32)/t7?,8-,9?,10?,11?,12?/m1/s1. The van der Waals surface area contributed by atoms with E-state index in [0.29, 0.717) is 0 Å². The minimum absolute atomic E-state index is 0.389. The van der Waals surface area contributed by atoms with Gasteiger partial charge in [0, 0.05) is 22.9 Å². The fourth-order valence-electron chi connectivity index (χ4n) is 2.07. The number of hydrogen-bond acceptors (Lipinski definition) is 7. The third-order valence-electron chi connectivity index (χ3n) is 4.29. The molecule has 5 unspecified atom stereocenters. The molecule has 0 aromatic heterocycles. The van der Waals surface area contributed by atoms with Gasteiger partial charge in [-0.05, 0) is 41.5 Å². The van der Waals surface area contributed by atoms with Gasteiger partial charge in [-0.1, -0.05) is 0 Å². The van der Waals surface area contributed by atoms with Crippen LogP contribution >= 0.6 is 22.9 Å². The Labute approximate surface area is 200 Å². The normalized spacial score (nSPS) is 16.2. The quantitative estimate of drug-likeness (QED) is 0.103. The molecule has 0 radical (unpaired) electrons. The van der Waals surface area contributed by atoms with Crippen LogP contribution in [0, 0.1) is 0 Å². The van der Waals surface area contributed by atoms with E-state index < -0.39 is 65.8 Å². The molecule has 0 aliphatic carbocycles. The van der Waals surface area contributed by atoms with E-state index in [4.69, 9.17) is 5.11 Å². The Hall–Kier alpha value is -2.49. The molecule has 32 heavy (non-hydrogen) atoms. The molecule has 0 spiro atoms. The average molecular weight is 570 g/mol. The number of aliphatic carboxylic acids is 1. The van der Waals surface area contributed by atoms with Crippen LogP contribution in [0.1, 0.15) is 41.5 Å². The molecule has 0 aromatic rings. The monoisotopic (exact) mass is 570 g/mol. The Morgan fingerprint density at radius 1 is 0.500 bits per heavy atom. The number of amides is 5. The predicted octanol–water partition coefficient (Wildman–Crippen LogP) is -2.08. The first-order chi connectivity index (χ1) is 14.7. The third-order valence-corrected chi connectivity index (χ3v) is 5.23. The van der Waals surface area contributed by atoms with Gasteiger partial charge in [0.2, 0.25) is 29.5 Å². The Balaban J connectivity index is 4.65. The minimum atomic E-state index is -1.22. The maximum absolute atomic E-state index is 12.3. The van der Waals surface area contributed by atoms with Crippen molar-refractivity contribution in [1.29, 1.82) is 0 Å². The van der Waals surface area contributed by atoms with Crippen molar-refractivity contribution in [3.63, 3.8) is 0 Å². The summed E-state index contributed by atoms with van der Waals surface area (Å²) in [6.45, 7) is 8.51. The van der Waals surface area contributed by atoms with Gasteiger partial charge in [0.1, 0.15) is 30.2 Å². The molecule has 0 saturated carbocycles. The number of carbonyl (C=O) groups excluding carboxylic acids is 5. The van der Waals surface area contributed by atoms with E-state index in [1.54, 1.807) is 6.92 Å². The van der Waals surface area contributed by atoms with Crippen LogP contribution in [0.5, 0.6) is 0 Å². The van der Waals surface area contributed by atoms with Crippen LogP contribution in [-0.4, -0.2) is 76.9 Å². The second-order valence-corrected chi connectivity index (χ2v) is 7.94. The van der Waals surface area contributed by atoms with Crippen LogP contribution in [0.4, 0.5) is 0 Å². The lowest BCUT2D eigenvalue weighted by Gasteiger charge is -2.22. The van der Waals surface area contributed by atoms with Crippen molar-refractivity contribution in [3.05, 3.63) is 0 Å². The highest BCUT2D eigenvalue weighted by Crippen LogP contribution is 1.94. The highest BCUT2D eigenvalue weighted by atomic mass is 127. The summed E-state index contributed by atoms with van der Waals surface area (Å²) in [7, 11) is 0. The molecule has 0 aromatic carbocycles. The van der Waals surface area contributed by atoms with Gasteiger partial charge in [-0.15, -0.1) is 0 Å². The first-order valence-electron chi connectivity index (χ1n) is 9.82. The van der Waals surface area contributed by atoms with Gasteiger partial charge < -0.3 is 31.7 Å². The van der Waals surface area contributed by atoms with E-state index in [0.717, 1.165) is 0 Å². The molecular weight excluding hydrogens is 539 g/mol. The molecule has 0 aliphatic heterocycles. The zero-order chi connectivity index (χ0) is 25.2. The van der Waals surface area contributed by atoms with E-state index in [2.05, 4.69) is 30.1 Å². The molecule has 14 heteroatoms. The molecule has 6 atom stereocenters. The fraction of sp³-hybridized carbons (Fsp3) is 0.667. The maximum Gasteiger partial charge on any atom is 0.325 e. The lowest BCUT2D eigenvalue weighted by atomic mass is 10.2. The zero-order valence-corrected chi connectivity index (χ0v) is 20.9. The molecule has 182 valence electrons. The first-order valence-corrected chi connectivity index (χ1v) is 10.9. The summed E-state index contributed by atoms with van der Waals surface area (Å²) in [5.74, 6) is -4.23. The molecular formula is C18H31IN6O7. The van der Waals surface area contributed by atoms with E-state index in [-0.39, 0.29) is 5.91 Å². The van der Waals surface area contributed by atoms with Crippen LogP contribution in [-0.2, 0) is 28.8 Å². The van der Waals surface area contributed by atoms with Gasteiger partial charge in [-0.25, -0.2) is 3.53 Å². The molecule has 0 saturated heterocycles. The molecule has 7 N–H and O–H groups in total. The fourth-order valence-corrected chi connectivity index (χ4v) is 2.35. The maximum atomic E-state index is 12.3. The number of carboxylic acids is 1. The summed E-state index contributed by atoms with van der Waals surface area (Å²) in [6, 6.07) is -5.61. The van der Waals surface area contributed by atoms with Crippen LogP contribution in [0.25, 0.3) is 0 Å². The second kappa shape index (κ2) is 13.8. The Morgan fingerprint density at radius 3 is 0.938 bits per heavy atom. The van der Waals surface area contributed by atoms with Gasteiger partial charge in [-0.2, -0.15) is 0 Å². The Kier molecular flexibility index (Phi) is 12.7. The summed E-state index contributed by atoms with van der Waals surface area (Å²) >= 11 is 1.81. The van der Waals surface area contributed by atoms with Crippen molar-refractivity contribution < 1.29 is 33.9 Å².